The average molecular weight is 816 g/mol. The molecule has 59 heavy (non-hydrogen) atoms. The maximum Gasteiger partial charge on any atom is 0.338 e. The molecule has 1 amide bonds. The number of ether oxygens (including phenoxy) is 8. The van der Waals surface area contributed by atoms with E-state index in [-0.39, 0.29) is 23.3 Å². The van der Waals surface area contributed by atoms with Gasteiger partial charge in [-0.05, 0) is 54.1 Å². The fourth-order valence-electron chi connectivity index (χ4n) is 6.64. The van der Waals surface area contributed by atoms with Crippen molar-refractivity contribution in [1.82, 2.24) is 5.32 Å². The van der Waals surface area contributed by atoms with E-state index < -0.39 is 98.4 Å². The number of rotatable bonds is 15. The van der Waals surface area contributed by atoms with Crippen LogP contribution in [0, 0.1) is 0 Å². The zero-order chi connectivity index (χ0) is 41.9. The Morgan fingerprint density at radius 2 is 1.20 bits per heavy atom. The van der Waals surface area contributed by atoms with Crippen LogP contribution in [-0.2, 0) is 44.6 Å². The van der Waals surface area contributed by atoms with Gasteiger partial charge in [0.15, 0.2) is 24.8 Å². The van der Waals surface area contributed by atoms with Gasteiger partial charge in [-0.1, -0.05) is 66.7 Å². The third kappa shape index (κ3) is 10.9. The van der Waals surface area contributed by atoms with Crippen LogP contribution in [0.2, 0.25) is 0 Å². The molecule has 0 spiro atoms. The predicted molar refractivity (Wildman–Crippen MR) is 205 cm³/mol. The lowest BCUT2D eigenvalue weighted by Gasteiger charge is -2.48. The van der Waals surface area contributed by atoms with Crippen molar-refractivity contribution in [2.24, 2.45) is 0 Å². The van der Waals surface area contributed by atoms with Crippen LogP contribution in [0.1, 0.15) is 43.6 Å². The van der Waals surface area contributed by atoms with Crippen LogP contribution in [0.4, 0.5) is 0 Å². The van der Waals surface area contributed by atoms with Crippen LogP contribution in [0.3, 0.4) is 0 Å². The number of aliphatic hydroxyl groups is 3. The SMILES string of the molecule is COc1ccc(CO[C@H]2[C@H](O)[C@@H](CO)O[C@@H](O[C@@H]3[C@@H](OC(=O)c4ccccc4)[C@H](O)O[C@H](COC(=O)c4ccccc4)[C@@H]3OC(=O)c3ccccc3)[C@@H]2NC(C)=O)cc1. The summed E-state index contributed by atoms with van der Waals surface area (Å²) < 4.78 is 47.3. The number of amides is 1. The number of hydrogen-bond donors (Lipinski definition) is 4. The molecule has 6 rings (SSSR count). The molecule has 16 heteroatoms. The quantitative estimate of drug-likeness (QED) is 0.100. The van der Waals surface area contributed by atoms with Gasteiger partial charge < -0.3 is 58.5 Å². The Hall–Kier alpha value is -5.72. The van der Waals surface area contributed by atoms with Crippen LogP contribution >= 0.6 is 0 Å². The first kappa shape index (κ1) is 42.9. The van der Waals surface area contributed by atoms with E-state index in [1.807, 2.05) is 0 Å². The first-order valence-electron chi connectivity index (χ1n) is 18.8. The molecule has 4 aromatic carbocycles. The molecule has 0 aromatic heterocycles. The number of methoxy groups -OCH3 is 1. The second kappa shape index (κ2) is 20.3. The monoisotopic (exact) mass is 815 g/mol. The Bertz CT molecular complexity index is 1980. The Morgan fingerprint density at radius 3 is 1.73 bits per heavy atom. The van der Waals surface area contributed by atoms with E-state index >= 15 is 0 Å². The van der Waals surface area contributed by atoms with Gasteiger partial charge in [-0.2, -0.15) is 0 Å². The molecule has 16 nitrogen and oxygen atoms in total. The van der Waals surface area contributed by atoms with Gasteiger partial charge in [0.05, 0.1) is 37.0 Å². The van der Waals surface area contributed by atoms with Crippen molar-refractivity contribution < 1.29 is 72.4 Å². The highest BCUT2D eigenvalue weighted by molar-refractivity contribution is 5.90. The van der Waals surface area contributed by atoms with Crippen molar-refractivity contribution in [3.8, 4) is 5.75 Å². The number of carbonyl (C=O) groups is 4. The summed E-state index contributed by atoms with van der Waals surface area (Å²) in [5.74, 6) is -2.55. The molecule has 2 saturated heterocycles. The highest BCUT2D eigenvalue weighted by atomic mass is 16.7. The molecule has 0 saturated carbocycles. The number of hydrogen-bond acceptors (Lipinski definition) is 15. The van der Waals surface area contributed by atoms with E-state index in [4.69, 9.17) is 37.9 Å². The first-order chi connectivity index (χ1) is 28.6. The van der Waals surface area contributed by atoms with E-state index in [0.29, 0.717) is 11.3 Å². The van der Waals surface area contributed by atoms with Gasteiger partial charge in [0.2, 0.25) is 5.91 Å². The fourth-order valence-corrected chi connectivity index (χ4v) is 6.64. The molecular formula is C43H45NO15. The summed E-state index contributed by atoms with van der Waals surface area (Å²) in [5.41, 5.74) is 1.07. The number of nitrogens with one attached hydrogen (secondary N) is 1. The molecule has 0 unspecified atom stereocenters. The standard InChI is InChI=1S/C43H45NO15/c1-25(46)44-33-36(53-23-26-18-20-30(52-2)21-19-26)34(47)31(22-45)56-43(33)59-37-35(57-40(49)28-14-8-4-9-15-28)32(24-54-39(48)27-12-6-3-7-13-27)55-42(51)38(37)58-41(50)29-16-10-5-11-17-29/h3-21,31-38,42-43,45,47,51H,22-24H2,1-2H3,(H,44,46)/t31-,32-,33-,34-,35+,36-,37+,38-,42-,43+/m1/s1. The van der Waals surface area contributed by atoms with Gasteiger partial charge in [-0.25, -0.2) is 14.4 Å². The minimum absolute atomic E-state index is 0.0772. The molecule has 4 aromatic rings. The molecule has 312 valence electrons. The predicted octanol–water partition coefficient (Wildman–Crippen LogP) is 2.57. The summed E-state index contributed by atoms with van der Waals surface area (Å²) in [4.78, 5) is 53.1. The van der Waals surface area contributed by atoms with E-state index in [0.717, 1.165) is 0 Å². The van der Waals surface area contributed by atoms with Crippen molar-refractivity contribution in [2.45, 2.75) is 74.9 Å². The summed E-state index contributed by atoms with van der Waals surface area (Å²) in [6, 6.07) is 29.3. The second-order valence-electron chi connectivity index (χ2n) is 13.7. The Labute approximate surface area is 339 Å². The van der Waals surface area contributed by atoms with Crippen molar-refractivity contribution in [3.05, 3.63) is 138 Å². The number of carbonyl (C=O) groups excluding carboxylic acids is 4. The van der Waals surface area contributed by atoms with Crippen molar-refractivity contribution in [1.29, 1.82) is 0 Å². The van der Waals surface area contributed by atoms with Crippen molar-refractivity contribution in [2.75, 3.05) is 20.3 Å². The molecule has 4 N–H and O–H groups in total. The van der Waals surface area contributed by atoms with Gasteiger partial charge >= 0.3 is 17.9 Å². The van der Waals surface area contributed by atoms with Crippen LogP contribution in [-0.4, -0.2) is 121 Å². The first-order valence-corrected chi connectivity index (χ1v) is 18.8. The van der Waals surface area contributed by atoms with E-state index in [2.05, 4.69) is 5.32 Å². The average Bonchev–Trinajstić information content (AvgIpc) is 3.26. The minimum Gasteiger partial charge on any atom is -0.497 e. The number of aliphatic hydroxyl groups excluding tert-OH is 3. The van der Waals surface area contributed by atoms with Gasteiger partial charge in [-0.15, -0.1) is 0 Å². The third-order valence-corrected chi connectivity index (χ3v) is 9.62. The molecule has 10 atom stereocenters. The minimum atomic E-state index is -1.98. The summed E-state index contributed by atoms with van der Waals surface area (Å²) in [6.07, 6.45) is -14.3. The lowest BCUT2D eigenvalue weighted by molar-refractivity contribution is -0.342. The lowest BCUT2D eigenvalue weighted by atomic mass is 9.94. The Balaban J connectivity index is 1.38. The number of esters is 3. The molecule has 0 bridgehead atoms. The van der Waals surface area contributed by atoms with E-state index in [9.17, 15) is 34.5 Å². The largest absolute Gasteiger partial charge is 0.497 e. The topological polar surface area (TPSA) is 215 Å². The summed E-state index contributed by atoms with van der Waals surface area (Å²) >= 11 is 0. The molecule has 2 aliphatic heterocycles. The third-order valence-electron chi connectivity index (χ3n) is 9.62. The fraction of sp³-hybridized carbons (Fsp3) is 0.349. The van der Waals surface area contributed by atoms with E-state index in [1.54, 1.807) is 78.9 Å². The summed E-state index contributed by atoms with van der Waals surface area (Å²) in [6.45, 7) is -0.190. The summed E-state index contributed by atoms with van der Waals surface area (Å²) in [5, 5.41) is 36.0. The van der Waals surface area contributed by atoms with Gasteiger partial charge in [-0.3, -0.25) is 4.79 Å². The molecule has 2 aliphatic rings. The van der Waals surface area contributed by atoms with Crippen LogP contribution in [0.25, 0.3) is 0 Å². The normalized spacial score (nSPS) is 26.5. The van der Waals surface area contributed by atoms with Gasteiger partial charge in [0.25, 0.3) is 0 Å². The Kier molecular flexibility index (Phi) is 14.8. The lowest BCUT2D eigenvalue weighted by Crippen LogP contribution is -2.68. The maximum atomic E-state index is 13.8. The van der Waals surface area contributed by atoms with Gasteiger partial charge in [0.1, 0.15) is 48.9 Å². The van der Waals surface area contributed by atoms with Crippen molar-refractivity contribution >= 4 is 23.8 Å². The summed E-state index contributed by atoms with van der Waals surface area (Å²) in [7, 11) is 1.52. The highest BCUT2D eigenvalue weighted by Gasteiger charge is 2.55. The Morgan fingerprint density at radius 1 is 0.661 bits per heavy atom. The molecule has 0 radical (unpaired) electrons. The molecule has 2 heterocycles. The molecule has 0 aliphatic carbocycles. The number of benzene rings is 4. The van der Waals surface area contributed by atoms with Crippen LogP contribution in [0.5, 0.6) is 5.75 Å². The zero-order valence-corrected chi connectivity index (χ0v) is 32.1. The maximum absolute atomic E-state index is 13.8. The van der Waals surface area contributed by atoms with Crippen LogP contribution in [0.15, 0.2) is 115 Å². The molecule has 2 fully saturated rings. The van der Waals surface area contributed by atoms with Gasteiger partial charge in [0, 0.05) is 6.92 Å². The van der Waals surface area contributed by atoms with E-state index in [1.165, 1.54) is 50.4 Å². The molecular weight excluding hydrogens is 770 g/mol. The second-order valence-corrected chi connectivity index (χ2v) is 13.7. The zero-order valence-electron chi connectivity index (χ0n) is 32.1. The van der Waals surface area contributed by atoms with Crippen molar-refractivity contribution in [3.63, 3.8) is 0 Å². The van der Waals surface area contributed by atoms with Crippen LogP contribution < -0.4 is 10.1 Å². The smallest absolute Gasteiger partial charge is 0.338 e. The highest BCUT2D eigenvalue weighted by Crippen LogP contribution is 2.34.